The van der Waals surface area contributed by atoms with E-state index < -0.39 is 34.1 Å². The fourth-order valence-electron chi connectivity index (χ4n) is 1.40. The second kappa shape index (κ2) is 4.37. The van der Waals surface area contributed by atoms with Crippen LogP contribution in [-0.2, 0) is 5.60 Å². The fourth-order valence-corrected chi connectivity index (χ4v) is 1.40. The highest BCUT2D eigenvalue weighted by atomic mass is 19.4. The van der Waals surface area contributed by atoms with E-state index in [4.69, 9.17) is 5.11 Å². The SMILES string of the molecule is O=[N+]([O-])c1ccccc1C(O)(C(F)(F)F)C(F)(F)F. The number of hydrogen-bond acceptors (Lipinski definition) is 3. The van der Waals surface area contributed by atoms with Crippen LogP contribution in [0.25, 0.3) is 0 Å². The molecule has 0 aliphatic heterocycles. The van der Waals surface area contributed by atoms with Crippen LogP contribution in [-0.4, -0.2) is 22.4 Å². The van der Waals surface area contributed by atoms with Gasteiger partial charge in [-0.15, -0.1) is 0 Å². The summed E-state index contributed by atoms with van der Waals surface area (Å²) < 4.78 is 75.2. The van der Waals surface area contributed by atoms with Crippen molar-refractivity contribution in [3.63, 3.8) is 0 Å². The smallest absolute Gasteiger partial charge is 0.369 e. The highest BCUT2D eigenvalue weighted by Crippen LogP contribution is 2.52. The zero-order valence-electron chi connectivity index (χ0n) is 8.79. The Hall–Kier alpha value is -1.84. The number of halogens is 6. The number of rotatable bonds is 2. The first kappa shape index (κ1) is 15.2. The lowest BCUT2D eigenvalue weighted by atomic mass is 9.91. The first-order valence-electron chi connectivity index (χ1n) is 4.52. The summed E-state index contributed by atoms with van der Waals surface area (Å²) in [4.78, 5) is 9.05. The van der Waals surface area contributed by atoms with E-state index in [1.54, 1.807) is 0 Å². The normalized spacial score (nSPS) is 13.4. The van der Waals surface area contributed by atoms with Crippen molar-refractivity contribution < 1.29 is 36.4 Å². The molecule has 0 atom stereocenters. The van der Waals surface area contributed by atoms with Crippen LogP contribution in [0.2, 0.25) is 0 Å². The number of nitro benzene ring substituents is 1. The quantitative estimate of drug-likeness (QED) is 0.517. The minimum absolute atomic E-state index is 0.207. The van der Waals surface area contributed by atoms with Gasteiger partial charge in [-0.2, -0.15) is 26.3 Å². The van der Waals surface area contributed by atoms with E-state index in [0.29, 0.717) is 6.07 Å². The molecule has 19 heavy (non-hydrogen) atoms. The Morgan fingerprint density at radius 1 is 1.00 bits per heavy atom. The summed E-state index contributed by atoms with van der Waals surface area (Å²) >= 11 is 0. The van der Waals surface area contributed by atoms with Crippen LogP contribution in [0.3, 0.4) is 0 Å². The molecular formula is C9H5F6NO3. The molecule has 1 rings (SSSR count). The van der Waals surface area contributed by atoms with Crippen molar-refractivity contribution in [1.29, 1.82) is 0 Å². The van der Waals surface area contributed by atoms with Gasteiger partial charge in [0.05, 0.1) is 10.5 Å². The Kier molecular flexibility index (Phi) is 3.50. The van der Waals surface area contributed by atoms with Crippen LogP contribution in [0.4, 0.5) is 32.0 Å². The third-order valence-electron chi connectivity index (χ3n) is 2.31. The van der Waals surface area contributed by atoms with Crippen LogP contribution in [0, 0.1) is 10.1 Å². The van der Waals surface area contributed by atoms with Crippen molar-refractivity contribution in [3.05, 3.63) is 39.9 Å². The summed E-state index contributed by atoms with van der Waals surface area (Å²) in [6, 6.07) is 2.26. The van der Waals surface area contributed by atoms with E-state index in [-0.39, 0.29) is 6.07 Å². The molecule has 1 N–H and O–H groups in total. The van der Waals surface area contributed by atoms with Gasteiger partial charge >= 0.3 is 12.4 Å². The highest BCUT2D eigenvalue weighted by Gasteiger charge is 2.73. The van der Waals surface area contributed by atoms with Gasteiger partial charge < -0.3 is 5.11 Å². The number of aliphatic hydroxyl groups is 1. The molecule has 106 valence electrons. The summed E-state index contributed by atoms with van der Waals surface area (Å²) in [5.41, 5.74) is -8.65. The highest BCUT2D eigenvalue weighted by molar-refractivity contribution is 5.45. The average molecular weight is 289 g/mol. The summed E-state index contributed by atoms with van der Waals surface area (Å²) in [6.45, 7) is 0. The zero-order valence-corrected chi connectivity index (χ0v) is 8.79. The maximum absolute atomic E-state index is 12.5. The summed E-state index contributed by atoms with van der Waals surface area (Å²) in [7, 11) is 0. The van der Waals surface area contributed by atoms with Gasteiger partial charge in [0, 0.05) is 6.07 Å². The molecule has 0 aliphatic rings. The van der Waals surface area contributed by atoms with Crippen LogP contribution >= 0.6 is 0 Å². The first-order valence-corrected chi connectivity index (χ1v) is 4.52. The molecule has 0 saturated carbocycles. The van der Waals surface area contributed by atoms with Crippen molar-refractivity contribution in [1.82, 2.24) is 0 Å². The van der Waals surface area contributed by atoms with E-state index in [2.05, 4.69) is 0 Å². The lowest BCUT2D eigenvalue weighted by Gasteiger charge is -2.32. The second-order valence-corrected chi connectivity index (χ2v) is 3.48. The number of nitro groups is 1. The molecule has 0 unspecified atom stereocenters. The first-order chi connectivity index (χ1) is 8.43. The topological polar surface area (TPSA) is 63.4 Å². The number of hydrogen-bond donors (Lipinski definition) is 1. The molecule has 4 nitrogen and oxygen atoms in total. The van der Waals surface area contributed by atoms with Crippen LogP contribution < -0.4 is 0 Å². The monoisotopic (exact) mass is 289 g/mol. The van der Waals surface area contributed by atoms with Crippen molar-refractivity contribution in [2.45, 2.75) is 18.0 Å². The Bertz CT molecular complexity index is 481. The standard InChI is InChI=1S/C9H5F6NO3/c10-8(11,12)7(17,9(13,14)15)5-3-1-2-4-6(5)16(18)19/h1-4,17H. The molecule has 0 spiro atoms. The molecule has 0 saturated heterocycles. The van der Waals surface area contributed by atoms with E-state index in [0.717, 1.165) is 12.1 Å². The van der Waals surface area contributed by atoms with Crippen LogP contribution in [0.15, 0.2) is 24.3 Å². The van der Waals surface area contributed by atoms with Crippen molar-refractivity contribution in [2.75, 3.05) is 0 Å². The molecule has 10 heteroatoms. The molecule has 1 aromatic carbocycles. The van der Waals surface area contributed by atoms with E-state index >= 15 is 0 Å². The predicted molar refractivity (Wildman–Crippen MR) is 49.1 cm³/mol. The van der Waals surface area contributed by atoms with Gasteiger partial charge in [0.15, 0.2) is 0 Å². The lowest BCUT2D eigenvalue weighted by Crippen LogP contribution is -2.54. The number of benzene rings is 1. The molecule has 0 heterocycles. The summed E-state index contributed by atoms with van der Waals surface area (Å²) in [6.07, 6.45) is -12.3. The van der Waals surface area contributed by atoms with Crippen LogP contribution in [0.5, 0.6) is 0 Å². The Balaban J connectivity index is 3.67. The van der Waals surface area contributed by atoms with Crippen molar-refractivity contribution >= 4 is 5.69 Å². The molecule has 0 fully saturated rings. The fraction of sp³-hybridized carbons (Fsp3) is 0.333. The third kappa shape index (κ3) is 2.35. The minimum atomic E-state index is -6.16. The van der Waals surface area contributed by atoms with Crippen molar-refractivity contribution in [3.8, 4) is 0 Å². The predicted octanol–water partition coefficient (Wildman–Crippen LogP) is 2.91. The van der Waals surface area contributed by atoms with E-state index in [1.165, 1.54) is 0 Å². The van der Waals surface area contributed by atoms with Gasteiger partial charge in [-0.1, -0.05) is 12.1 Å². The molecule has 1 aromatic rings. The largest absolute Gasteiger partial charge is 0.430 e. The Labute approximate surface area is 101 Å². The van der Waals surface area contributed by atoms with Gasteiger partial charge in [0.1, 0.15) is 0 Å². The van der Waals surface area contributed by atoms with Gasteiger partial charge in [-0.3, -0.25) is 10.1 Å². The molecule has 0 amide bonds. The van der Waals surface area contributed by atoms with E-state index in [1.807, 2.05) is 0 Å². The van der Waals surface area contributed by atoms with Crippen LogP contribution in [0.1, 0.15) is 5.56 Å². The lowest BCUT2D eigenvalue weighted by molar-refractivity contribution is -0.401. The number of nitrogens with zero attached hydrogens (tertiary/aromatic N) is 1. The third-order valence-corrected chi connectivity index (χ3v) is 2.31. The van der Waals surface area contributed by atoms with Gasteiger partial charge in [0.2, 0.25) is 0 Å². The number of alkyl halides is 6. The molecule has 0 aliphatic carbocycles. The Morgan fingerprint density at radius 3 is 1.79 bits per heavy atom. The molecule has 0 radical (unpaired) electrons. The van der Waals surface area contributed by atoms with Gasteiger partial charge in [0.25, 0.3) is 11.3 Å². The van der Waals surface area contributed by atoms with Crippen molar-refractivity contribution in [2.24, 2.45) is 0 Å². The maximum Gasteiger partial charge on any atom is 0.430 e. The van der Waals surface area contributed by atoms with Gasteiger partial charge in [-0.05, 0) is 6.07 Å². The average Bonchev–Trinajstić information content (AvgIpc) is 2.24. The van der Waals surface area contributed by atoms with E-state index in [9.17, 15) is 36.5 Å². The molecule has 0 bridgehead atoms. The minimum Gasteiger partial charge on any atom is -0.369 e. The Morgan fingerprint density at radius 2 is 1.42 bits per heavy atom. The molecular weight excluding hydrogens is 284 g/mol. The summed E-state index contributed by atoms with van der Waals surface area (Å²) in [5, 5.41) is 19.5. The number of para-hydroxylation sites is 1. The zero-order chi connectivity index (χ0) is 15.1. The van der Waals surface area contributed by atoms with Gasteiger partial charge in [-0.25, -0.2) is 0 Å². The summed E-state index contributed by atoms with van der Waals surface area (Å²) in [5.74, 6) is 0. The second-order valence-electron chi connectivity index (χ2n) is 3.48. The molecule has 0 aromatic heterocycles. The maximum atomic E-state index is 12.5.